The molecule has 6 aromatic rings. The van der Waals surface area contributed by atoms with E-state index in [1.165, 1.54) is 77.2 Å². The quantitative estimate of drug-likeness (QED) is 0.145. The molecule has 6 rings (SSSR count). The first kappa shape index (κ1) is 35.7. The minimum absolute atomic E-state index is 0.387. The van der Waals surface area contributed by atoms with Crippen molar-refractivity contribution in [1.82, 2.24) is 0 Å². The number of hydrogen-bond acceptors (Lipinski definition) is 0. The van der Waals surface area contributed by atoms with Crippen LogP contribution in [-0.4, -0.2) is 0 Å². The topological polar surface area (TPSA) is 0 Å². The fourth-order valence-electron chi connectivity index (χ4n) is 7.69. The van der Waals surface area contributed by atoms with E-state index in [0.29, 0.717) is 35.5 Å². The Morgan fingerprint density at radius 2 is 0.660 bits per heavy atom. The molecule has 0 aromatic heterocycles. The van der Waals surface area contributed by atoms with Gasteiger partial charge in [-0.2, -0.15) is 0 Å². The van der Waals surface area contributed by atoms with Crippen LogP contribution in [0.3, 0.4) is 0 Å². The van der Waals surface area contributed by atoms with Gasteiger partial charge < -0.3 is 0 Å². The maximum Gasteiger partial charge on any atom is -0.000698 e. The molecular weight excluding hydrogens is 601 g/mol. The molecule has 6 aromatic carbocycles. The minimum atomic E-state index is 0.387. The second-order valence-corrected chi connectivity index (χ2v) is 16.4. The van der Waals surface area contributed by atoms with Gasteiger partial charge in [0.15, 0.2) is 0 Å². The van der Waals surface area contributed by atoms with Gasteiger partial charge in [-0.05, 0) is 148 Å². The average molecular weight is 657 g/mol. The summed E-state index contributed by atoms with van der Waals surface area (Å²) in [5, 5.41) is 4.91. The van der Waals surface area contributed by atoms with Crippen molar-refractivity contribution in [2.24, 2.45) is 0 Å². The van der Waals surface area contributed by atoms with E-state index in [1.54, 1.807) is 0 Å². The van der Waals surface area contributed by atoms with Crippen LogP contribution in [0.1, 0.15) is 152 Å². The predicted octanol–water partition coefficient (Wildman–Crippen LogP) is 15.3. The Balaban J connectivity index is 1.73. The smallest absolute Gasteiger partial charge is 0.000698 e. The van der Waals surface area contributed by atoms with Crippen LogP contribution in [0, 0.1) is 12.1 Å². The second-order valence-electron chi connectivity index (χ2n) is 16.4. The van der Waals surface area contributed by atoms with Crippen molar-refractivity contribution in [2.45, 2.75) is 119 Å². The van der Waals surface area contributed by atoms with E-state index in [1.807, 2.05) is 0 Å². The van der Waals surface area contributed by atoms with Gasteiger partial charge in [-0.25, -0.2) is 0 Å². The standard InChI is InChI=1S/C50H56/c1-29(2)37-23-43(31(5)6)49(44(24-37)32(7)8)39-21-35-17-13-15-19-41(35)47(27-39)48-28-40(22-36-18-14-16-20-42(36)48)50-45(33(9)10)25-38(30(3)4)26-46(50)34(11)12/h13-26,29-34H,1-12H3. The molecule has 50 heavy (non-hydrogen) atoms. The molecule has 2 radical (unpaired) electrons. The molecule has 0 N–H and O–H groups in total. The molecule has 0 unspecified atom stereocenters. The van der Waals surface area contributed by atoms with E-state index in [2.05, 4.69) is 180 Å². The Kier molecular flexibility index (Phi) is 10.1. The SMILES string of the molecule is CC(C)c1cc(C(C)C)c(-c2[c]c(-c3[c]c(-c4c(C(C)C)cc(C(C)C)cc4C(C)C)cc4ccccc34)c3ccccc3c2)c(C(C)C)c1. The van der Waals surface area contributed by atoms with Crippen molar-refractivity contribution in [2.75, 3.05) is 0 Å². The molecule has 0 atom stereocenters. The van der Waals surface area contributed by atoms with E-state index in [4.69, 9.17) is 0 Å². The van der Waals surface area contributed by atoms with Gasteiger partial charge in [-0.1, -0.05) is 156 Å². The Hall–Kier alpha value is -4.16. The van der Waals surface area contributed by atoms with Crippen LogP contribution >= 0.6 is 0 Å². The van der Waals surface area contributed by atoms with E-state index >= 15 is 0 Å². The lowest BCUT2D eigenvalue weighted by Gasteiger charge is -2.25. The van der Waals surface area contributed by atoms with Crippen LogP contribution in [0.25, 0.3) is 54.9 Å². The van der Waals surface area contributed by atoms with Crippen LogP contribution in [0.2, 0.25) is 0 Å². The van der Waals surface area contributed by atoms with E-state index in [0.717, 1.165) is 11.1 Å². The van der Waals surface area contributed by atoms with Crippen LogP contribution in [-0.2, 0) is 0 Å². The van der Waals surface area contributed by atoms with Gasteiger partial charge >= 0.3 is 0 Å². The molecule has 0 heterocycles. The third kappa shape index (κ3) is 6.67. The summed E-state index contributed by atoms with van der Waals surface area (Å²) in [7, 11) is 0. The molecule has 0 aliphatic heterocycles. The molecular formula is C50H56. The fourth-order valence-corrected chi connectivity index (χ4v) is 7.69. The molecule has 0 spiro atoms. The molecule has 0 nitrogen and oxygen atoms in total. The number of rotatable bonds is 9. The van der Waals surface area contributed by atoms with Crippen molar-refractivity contribution in [1.29, 1.82) is 0 Å². The number of benzene rings is 6. The lowest BCUT2D eigenvalue weighted by molar-refractivity contribution is 0.807. The van der Waals surface area contributed by atoms with Crippen LogP contribution in [0.5, 0.6) is 0 Å². The second kappa shape index (κ2) is 14.2. The zero-order chi connectivity index (χ0) is 36.0. The number of hydrogen-bond donors (Lipinski definition) is 0. The minimum Gasteiger partial charge on any atom is -0.0616 e. The average Bonchev–Trinajstić information content (AvgIpc) is 3.09. The predicted molar refractivity (Wildman–Crippen MR) is 220 cm³/mol. The van der Waals surface area contributed by atoms with Gasteiger partial charge in [-0.15, -0.1) is 0 Å². The molecule has 0 saturated carbocycles. The van der Waals surface area contributed by atoms with Gasteiger partial charge in [0.2, 0.25) is 0 Å². The molecule has 0 bridgehead atoms. The summed E-state index contributed by atoms with van der Waals surface area (Å²) < 4.78 is 0. The van der Waals surface area contributed by atoms with Gasteiger partial charge in [0.25, 0.3) is 0 Å². The first-order valence-electron chi connectivity index (χ1n) is 19.0. The Labute approximate surface area is 303 Å². The largest absolute Gasteiger partial charge is 0.0616 e. The van der Waals surface area contributed by atoms with E-state index in [-0.39, 0.29) is 0 Å². The van der Waals surface area contributed by atoms with Crippen molar-refractivity contribution in [3.05, 3.63) is 130 Å². The molecule has 0 amide bonds. The van der Waals surface area contributed by atoms with Gasteiger partial charge in [0.05, 0.1) is 0 Å². The summed E-state index contributed by atoms with van der Waals surface area (Å²) in [6, 6.07) is 40.6. The molecule has 0 heteroatoms. The highest BCUT2D eigenvalue weighted by Gasteiger charge is 2.23. The normalized spacial score (nSPS) is 12.3. The Morgan fingerprint density at radius 3 is 0.940 bits per heavy atom. The zero-order valence-electron chi connectivity index (χ0n) is 32.5. The Morgan fingerprint density at radius 1 is 0.360 bits per heavy atom. The molecule has 0 aliphatic rings. The van der Waals surface area contributed by atoms with Gasteiger partial charge in [0, 0.05) is 0 Å². The monoisotopic (exact) mass is 656 g/mol. The highest BCUT2D eigenvalue weighted by molar-refractivity contribution is 6.08. The summed E-state index contributed by atoms with van der Waals surface area (Å²) in [5.41, 5.74) is 15.8. The summed E-state index contributed by atoms with van der Waals surface area (Å²) in [6.45, 7) is 27.9. The molecule has 0 saturated heterocycles. The van der Waals surface area contributed by atoms with Crippen LogP contribution < -0.4 is 0 Å². The van der Waals surface area contributed by atoms with Crippen molar-refractivity contribution in [3.63, 3.8) is 0 Å². The van der Waals surface area contributed by atoms with Crippen LogP contribution in [0.4, 0.5) is 0 Å². The van der Waals surface area contributed by atoms with Crippen molar-refractivity contribution in [3.8, 4) is 33.4 Å². The lowest BCUT2D eigenvalue weighted by Crippen LogP contribution is -2.04. The first-order valence-corrected chi connectivity index (χ1v) is 19.0. The number of fused-ring (bicyclic) bond motifs is 2. The molecule has 0 aliphatic carbocycles. The third-order valence-electron chi connectivity index (χ3n) is 10.6. The van der Waals surface area contributed by atoms with Crippen molar-refractivity contribution < 1.29 is 0 Å². The van der Waals surface area contributed by atoms with Crippen molar-refractivity contribution >= 4 is 21.5 Å². The Bertz CT molecular complexity index is 1950. The van der Waals surface area contributed by atoms with Gasteiger partial charge in [-0.3, -0.25) is 0 Å². The summed E-state index contributed by atoms with van der Waals surface area (Å²) in [5.74, 6) is 2.49. The first-order chi connectivity index (χ1) is 23.8. The summed E-state index contributed by atoms with van der Waals surface area (Å²) >= 11 is 0. The highest BCUT2D eigenvalue weighted by atomic mass is 14.3. The zero-order valence-corrected chi connectivity index (χ0v) is 32.5. The maximum absolute atomic E-state index is 4.10. The third-order valence-corrected chi connectivity index (χ3v) is 10.6. The fraction of sp³-hybridized carbons (Fsp3) is 0.360. The van der Waals surface area contributed by atoms with Gasteiger partial charge in [0.1, 0.15) is 0 Å². The van der Waals surface area contributed by atoms with E-state index in [9.17, 15) is 0 Å². The van der Waals surface area contributed by atoms with E-state index < -0.39 is 0 Å². The lowest BCUT2D eigenvalue weighted by atomic mass is 9.79. The summed E-state index contributed by atoms with van der Waals surface area (Å²) in [6.07, 6.45) is 0. The highest BCUT2D eigenvalue weighted by Crippen LogP contribution is 2.45. The molecule has 256 valence electrons. The van der Waals surface area contributed by atoms with Crippen LogP contribution in [0.15, 0.2) is 84.9 Å². The maximum atomic E-state index is 4.10. The molecule has 0 fully saturated rings. The summed E-state index contributed by atoms with van der Waals surface area (Å²) in [4.78, 5) is 0.